The number of fused-ring (bicyclic) bond motifs is 1. The summed E-state index contributed by atoms with van der Waals surface area (Å²) < 4.78 is 42.7. The van der Waals surface area contributed by atoms with Crippen molar-refractivity contribution >= 4 is 44.5 Å². The summed E-state index contributed by atoms with van der Waals surface area (Å²) in [5, 5.41) is 6.22. The molecule has 2 aromatic heterocycles. The van der Waals surface area contributed by atoms with Gasteiger partial charge in [0.1, 0.15) is 11.3 Å². The average Bonchev–Trinajstić information content (AvgIpc) is 3.45. The second kappa shape index (κ2) is 9.35. The molecule has 0 aliphatic rings. The van der Waals surface area contributed by atoms with Crippen molar-refractivity contribution in [3.8, 4) is 0 Å². The third-order valence-corrected chi connectivity index (χ3v) is 6.16. The Morgan fingerprint density at radius 2 is 1.91 bits per heavy atom. The quantitative estimate of drug-likeness (QED) is 0.358. The third-order valence-electron chi connectivity index (χ3n) is 4.79. The van der Waals surface area contributed by atoms with E-state index in [2.05, 4.69) is 20.2 Å². The van der Waals surface area contributed by atoms with Gasteiger partial charge in [-0.2, -0.15) is 0 Å². The number of esters is 1. The fourth-order valence-electron chi connectivity index (χ4n) is 3.12. The van der Waals surface area contributed by atoms with E-state index in [4.69, 9.17) is 13.7 Å². The third kappa shape index (κ3) is 4.91. The van der Waals surface area contributed by atoms with Gasteiger partial charge in [-0.3, -0.25) is 9.52 Å². The van der Waals surface area contributed by atoms with Crippen molar-refractivity contribution in [3.05, 3.63) is 66.2 Å². The molecule has 0 aliphatic carbocycles. The van der Waals surface area contributed by atoms with Gasteiger partial charge in [0.05, 0.1) is 10.5 Å². The lowest BCUT2D eigenvalue weighted by Crippen LogP contribution is -2.32. The van der Waals surface area contributed by atoms with Gasteiger partial charge in [-0.1, -0.05) is 18.1 Å². The lowest BCUT2D eigenvalue weighted by Gasteiger charge is -2.16. The smallest absolute Gasteiger partial charge is 0.341 e. The normalized spacial score (nSPS) is 12.3. The van der Waals surface area contributed by atoms with Crippen molar-refractivity contribution in [3.63, 3.8) is 0 Å². The van der Waals surface area contributed by atoms with Crippen LogP contribution in [0.2, 0.25) is 0 Å². The molecule has 4 rings (SSSR count). The van der Waals surface area contributed by atoms with Gasteiger partial charge in [0, 0.05) is 11.8 Å². The fourth-order valence-corrected chi connectivity index (χ4v) is 4.10. The first kappa shape index (κ1) is 23.0. The predicted octanol–water partition coefficient (Wildman–Crippen LogP) is 3.50. The maximum absolute atomic E-state index is 12.7. The van der Waals surface area contributed by atoms with Crippen molar-refractivity contribution in [1.82, 2.24) is 10.1 Å². The molecule has 4 aromatic rings. The summed E-state index contributed by atoms with van der Waals surface area (Å²) in [4.78, 5) is 29.3. The fraction of sp³-hybridized carbons (Fsp3) is 0.182. The highest BCUT2D eigenvalue weighted by Crippen LogP contribution is 2.21. The topological polar surface area (TPSA) is 154 Å². The summed E-state index contributed by atoms with van der Waals surface area (Å²) in [6.07, 6.45) is 0.368. The molecule has 1 unspecified atom stereocenters. The van der Waals surface area contributed by atoms with Crippen molar-refractivity contribution in [2.75, 3.05) is 10.0 Å². The SMILES string of the molecule is CCC(OC(=O)c1cccc2ocnc12)C(=O)Nc1ccc(S(=O)(=O)Nc2cc(C)on2)cc1. The molecule has 0 bridgehead atoms. The van der Waals surface area contributed by atoms with Gasteiger partial charge in [-0.15, -0.1) is 0 Å². The number of hydrogen-bond donors (Lipinski definition) is 2. The molecular weight excluding hydrogens is 464 g/mol. The van der Waals surface area contributed by atoms with Crippen molar-refractivity contribution in [2.24, 2.45) is 0 Å². The Labute approximate surface area is 194 Å². The molecule has 2 aromatic carbocycles. The minimum atomic E-state index is -3.89. The molecule has 0 saturated heterocycles. The van der Waals surface area contributed by atoms with Gasteiger partial charge in [-0.25, -0.2) is 18.2 Å². The first-order valence-corrected chi connectivity index (χ1v) is 11.7. The average molecular weight is 484 g/mol. The van der Waals surface area contributed by atoms with Crippen molar-refractivity contribution < 1.29 is 31.7 Å². The van der Waals surface area contributed by atoms with Crippen LogP contribution in [0.15, 0.2) is 68.8 Å². The molecular formula is C22H20N4O7S. The highest BCUT2D eigenvalue weighted by molar-refractivity contribution is 7.92. The van der Waals surface area contributed by atoms with Gasteiger partial charge in [0.2, 0.25) is 0 Å². The largest absolute Gasteiger partial charge is 0.449 e. The molecule has 11 nitrogen and oxygen atoms in total. The van der Waals surface area contributed by atoms with Crippen LogP contribution in [0.25, 0.3) is 11.1 Å². The Hall–Kier alpha value is -4.19. The van der Waals surface area contributed by atoms with Gasteiger partial charge in [0.15, 0.2) is 23.9 Å². The van der Waals surface area contributed by atoms with E-state index < -0.39 is 28.0 Å². The molecule has 0 saturated carbocycles. The molecule has 34 heavy (non-hydrogen) atoms. The lowest BCUT2D eigenvalue weighted by molar-refractivity contribution is -0.124. The molecule has 0 aliphatic heterocycles. The summed E-state index contributed by atoms with van der Waals surface area (Å²) in [5.74, 6) is -0.754. The van der Waals surface area contributed by atoms with Crippen LogP contribution in [0.3, 0.4) is 0 Å². The Bertz CT molecular complexity index is 1440. The zero-order chi connectivity index (χ0) is 24.3. The number of amides is 1. The Morgan fingerprint density at radius 3 is 2.59 bits per heavy atom. The molecule has 176 valence electrons. The van der Waals surface area contributed by atoms with Crippen molar-refractivity contribution in [1.29, 1.82) is 0 Å². The van der Waals surface area contributed by atoms with Gasteiger partial charge >= 0.3 is 5.97 Å². The van der Waals surface area contributed by atoms with E-state index in [-0.39, 0.29) is 22.7 Å². The first-order valence-electron chi connectivity index (χ1n) is 10.2. The molecule has 2 N–H and O–H groups in total. The van der Waals surface area contributed by atoms with E-state index in [1.54, 1.807) is 26.0 Å². The maximum atomic E-state index is 12.7. The van der Waals surface area contributed by atoms with Crippen LogP contribution in [0.4, 0.5) is 11.5 Å². The Kier molecular flexibility index (Phi) is 6.32. The van der Waals surface area contributed by atoms with E-state index in [1.165, 1.54) is 42.8 Å². The van der Waals surface area contributed by atoms with E-state index in [9.17, 15) is 18.0 Å². The number of sulfonamides is 1. The monoisotopic (exact) mass is 484 g/mol. The number of carbonyl (C=O) groups is 2. The van der Waals surface area contributed by atoms with Crippen LogP contribution >= 0.6 is 0 Å². The highest BCUT2D eigenvalue weighted by Gasteiger charge is 2.24. The Balaban J connectivity index is 1.42. The minimum Gasteiger partial charge on any atom is -0.449 e. The van der Waals surface area contributed by atoms with Crippen molar-refractivity contribution in [2.45, 2.75) is 31.3 Å². The Morgan fingerprint density at radius 1 is 1.15 bits per heavy atom. The second-order valence-electron chi connectivity index (χ2n) is 7.25. The molecule has 1 amide bonds. The first-order chi connectivity index (χ1) is 16.3. The van der Waals surface area contributed by atoms with E-state index in [1.807, 2.05) is 0 Å². The van der Waals surface area contributed by atoms with Crippen LogP contribution < -0.4 is 10.0 Å². The number of para-hydroxylation sites is 1. The summed E-state index contributed by atoms with van der Waals surface area (Å²) in [6.45, 7) is 3.33. The number of ether oxygens (including phenoxy) is 1. The zero-order valence-corrected chi connectivity index (χ0v) is 19.0. The number of anilines is 2. The van der Waals surface area contributed by atoms with E-state index in [0.29, 0.717) is 22.5 Å². The van der Waals surface area contributed by atoms with Gasteiger partial charge in [-0.05, 0) is 49.7 Å². The number of carbonyl (C=O) groups excluding carboxylic acids is 2. The van der Waals surface area contributed by atoms with Crippen LogP contribution in [-0.2, 0) is 19.6 Å². The van der Waals surface area contributed by atoms with Crippen LogP contribution in [0.5, 0.6) is 0 Å². The molecule has 1 atom stereocenters. The summed E-state index contributed by atoms with van der Waals surface area (Å²) in [6, 6.07) is 11.8. The number of nitrogens with one attached hydrogen (secondary N) is 2. The summed E-state index contributed by atoms with van der Waals surface area (Å²) in [5.41, 5.74) is 1.28. The molecule has 2 heterocycles. The zero-order valence-electron chi connectivity index (χ0n) is 18.1. The van der Waals surface area contributed by atoms with Crippen LogP contribution in [0, 0.1) is 6.92 Å². The number of aromatic nitrogens is 2. The highest BCUT2D eigenvalue weighted by atomic mass is 32.2. The lowest BCUT2D eigenvalue weighted by atomic mass is 10.2. The molecule has 0 spiro atoms. The number of benzene rings is 2. The predicted molar refractivity (Wildman–Crippen MR) is 121 cm³/mol. The number of nitrogens with zero attached hydrogens (tertiary/aromatic N) is 2. The minimum absolute atomic E-state index is 0.0367. The molecule has 0 radical (unpaired) electrons. The molecule has 12 heteroatoms. The molecule has 0 fully saturated rings. The van der Waals surface area contributed by atoms with Gasteiger partial charge < -0.3 is 19.0 Å². The summed E-state index contributed by atoms with van der Waals surface area (Å²) in [7, 11) is -3.89. The van der Waals surface area contributed by atoms with E-state index >= 15 is 0 Å². The number of hydrogen-bond acceptors (Lipinski definition) is 9. The standard InChI is InChI=1S/C22H20N4O7S/c1-3-17(32-22(28)16-5-4-6-18-20(16)23-12-31-18)21(27)24-14-7-9-15(10-8-14)34(29,30)26-19-11-13(2)33-25-19/h4-12,17H,3H2,1-2H3,(H,24,27)(H,25,26). The van der Waals surface area contributed by atoms with E-state index in [0.717, 1.165) is 0 Å². The number of rotatable bonds is 8. The maximum Gasteiger partial charge on any atom is 0.341 e. The van der Waals surface area contributed by atoms with Crippen LogP contribution in [-0.4, -0.2) is 36.5 Å². The summed E-state index contributed by atoms with van der Waals surface area (Å²) >= 11 is 0. The second-order valence-corrected chi connectivity index (χ2v) is 8.93. The van der Waals surface area contributed by atoms with Gasteiger partial charge in [0.25, 0.3) is 15.9 Å². The number of aryl methyl sites for hydroxylation is 1. The van der Waals surface area contributed by atoms with Crippen LogP contribution in [0.1, 0.15) is 29.5 Å². The number of oxazole rings is 1.